The number of benzene rings is 1. The Balaban J connectivity index is 2.87. The maximum Gasteiger partial charge on any atom is 0.347 e. The largest absolute Gasteiger partial charge is 0.372 e. The van der Waals surface area contributed by atoms with E-state index in [2.05, 4.69) is 15.3 Å². The van der Waals surface area contributed by atoms with Crippen LogP contribution in [-0.4, -0.2) is 17.0 Å². The molecule has 1 heterocycles. The molecule has 0 atom stereocenters. The predicted octanol–water partition coefficient (Wildman–Crippen LogP) is 1.10. The van der Waals surface area contributed by atoms with E-state index in [1.54, 1.807) is 13.1 Å². The molecule has 0 bridgehead atoms. The lowest BCUT2D eigenvalue weighted by Crippen LogP contribution is -2.12. The van der Waals surface area contributed by atoms with Crippen molar-refractivity contribution >= 4 is 16.7 Å². The van der Waals surface area contributed by atoms with E-state index in [0.29, 0.717) is 16.7 Å². The van der Waals surface area contributed by atoms with Crippen LogP contribution in [0.15, 0.2) is 23.0 Å². The highest BCUT2D eigenvalue weighted by molar-refractivity contribution is 5.88. The van der Waals surface area contributed by atoms with E-state index in [1.165, 1.54) is 12.1 Å². The van der Waals surface area contributed by atoms with E-state index < -0.39 is 5.69 Å². The average molecular weight is 193 g/mol. The second-order valence-corrected chi connectivity index (χ2v) is 2.83. The molecule has 0 fully saturated rings. The topological polar surface area (TPSA) is 57.8 Å². The molecule has 2 rings (SSSR count). The molecule has 0 aliphatic heterocycles. The lowest BCUT2D eigenvalue weighted by molar-refractivity contribution is 0.629. The smallest absolute Gasteiger partial charge is 0.347 e. The molecule has 0 amide bonds. The van der Waals surface area contributed by atoms with Crippen LogP contribution in [0.1, 0.15) is 0 Å². The molecule has 0 aliphatic carbocycles. The second kappa shape index (κ2) is 3.10. The number of anilines is 1. The monoisotopic (exact) mass is 193 g/mol. The highest BCUT2D eigenvalue weighted by Crippen LogP contribution is 2.17. The number of aromatic amines is 1. The lowest BCUT2D eigenvalue weighted by Gasteiger charge is -2.03. The highest BCUT2D eigenvalue weighted by atomic mass is 19.1. The molecule has 72 valence electrons. The summed E-state index contributed by atoms with van der Waals surface area (Å²) in [5.41, 5.74) is -0.0539. The molecule has 0 aliphatic rings. The Bertz CT molecular complexity index is 535. The van der Waals surface area contributed by atoms with Gasteiger partial charge in [0.25, 0.3) is 0 Å². The van der Waals surface area contributed by atoms with Crippen molar-refractivity contribution in [3.05, 3.63) is 34.5 Å². The van der Waals surface area contributed by atoms with Crippen molar-refractivity contribution in [2.45, 2.75) is 0 Å². The van der Waals surface area contributed by atoms with Crippen LogP contribution in [-0.2, 0) is 0 Å². The van der Waals surface area contributed by atoms with Crippen molar-refractivity contribution in [3.63, 3.8) is 0 Å². The van der Waals surface area contributed by atoms with Crippen molar-refractivity contribution < 1.29 is 4.39 Å². The fraction of sp³-hybridized carbons (Fsp3) is 0.111. The van der Waals surface area contributed by atoms with Gasteiger partial charge >= 0.3 is 5.69 Å². The van der Waals surface area contributed by atoms with Crippen LogP contribution in [0.3, 0.4) is 0 Å². The van der Waals surface area contributed by atoms with Gasteiger partial charge in [0.15, 0.2) is 0 Å². The van der Waals surface area contributed by atoms with E-state index in [0.717, 1.165) is 0 Å². The number of nitrogens with zero attached hydrogens (tertiary/aromatic N) is 1. The van der Waals surface area contributed by atoms with Gasteiger partial charge in [-0.3, -0.25) is 0 Å². The first-order valence-corrected chi connectivity index (χ1v) is 4.08. The third-order valence-electron chi connectivity index (χ3n) is 1.93. The number of fused-ring (bicyclic) bond motifs is 1. The number of rotatable bonds is 1. The Labute approximate surface area is 78.8 Å². The van der Waals surface area contributed by atoms with Crippen LogP contribution in [0.25, 0.3) is 10.9 Å². The summed E-state index contributed by atoms with van der Waals surface area (Å²) < 4.78 is 12.8. The van der Waals surface area contributed by atoms with Gasteiger partial charge in [-0.2, -0.15) is 4.98 Å². The Morgan fingerprint density at radius 3 is 3.00 bits per heavy atom. The molecule has 0 saturated heterocycles. The van der Waals surface area contributed by atoms with E-state index >= 15 is 0 Å². The Morgan fingerprint density at radius 1 is 1.50 bits per heavy atom. The van der Waals surface area contributed by atoms with Gasteiger partial charge in [0.05, 0.1) is 5.52 Å². The summed E-state index contributed by atoms with van der Waals surface area (Å²) >= 11 is 0. The third-order valence-corrected chi connectivity index (χ3v) is 1.93. The van der Waals surface area contributed by atoms with Gasteiger partial charge in [0.2, 0.25) is 0 Å². The van der Waals surface area contributed by atoms with Crippen LogP contribution < -0.4 is 11.0 Å². The van der Waals surface area contributed by atoms with Crippen LogP contribution in [0.5, 0.6) is 0 Å². The molecular weight excluding hydrogens is 185 g/mol. The number of hydrogen-bond acceptors (Lipinski definition) is 3. The molecule has 0 saturated carbocycles. The van der Waals surface area contributed by atoms with E-state index in [4.69, 9.17) is 0 Å². The first-order chi connectivity index (χ1) is 6.70. The fourth-order valence-corrected chi connectivity index (χ4v) is 1.32. The van der Waals surface area contributed by atoms with Crippen molar-refractivity contribution in [3.8, 4) is 0 Å². The van der Waals surface area contributed by atoms with Crippen molar-refractivity contribution in [2.75, 3.05) is 12.4 Å². The van der Waals surface area contributed by atoms with Gasteiger partial charge in [0, 0.05) is 12.4 Å². The van der Waals surface area contributed by atoms with Crippen LogP contribution >= 0.6 is 0 Å². The van der Waals surface area contributed by atoms with Gasteiger partial charge in [-0.25, -0.2) is 9.18 Å². The minimum absolute atomic E-state index is 0.388. The lowest BCUT2D eigenvalue weighted by atomic mass is 10.2. The summed E-state index contributed by atoms with van der Waals surface area (Å²) in [4.78, 5) is 17.2. The predicted molar refractivity (Wildman–Crippen MR) is 51.9 cm³/mol. The van der Waals surface area contributed by atoms with Gasteiger partial charge in [-0.15, -0.1) is 0 Å². The molecule has 0 unspecified atom stereocenters. The van der Waals surface area contributed by atoms with Crippen molar-refractivity contribution in [1.29, 1.82) is 0 Å². The summed E-state index contributed by atoms with van der Waals surface area (Å²) in [6, 6.07) is 4.15. The summed E-state index contributed by atoms with van der Waals surface area (Å²) in [5.74, 6) is 0.0603. The summed E-state index contributed by atoms with van der Waals surface area (Å²) in [5, 5.41) is 3.47. The number of halogens is 1. The van der Waals surface area contributed by atoms with Crippen molar-refractivity contribution in [2.24, 2.45) is 0 Å². The first kappa shape index (κ1) is 8.68. The summed E-state index contributed by atoms with van der Waals surface area (Å²) in [6.07, 6.45) is 0. The standard InChI is InChI=1S/C9H8FN3O/c1-11-8-6-3-2-5(10)4-7(6)12-9(14)13-8/h2-4H,1H3,(H2,11,12,13,14). The van der Waals surface area contributed by atoms with Gasteiger partial charge in [-0.1, -0.05) is 0 Å². The van der Waals surface area contributed by atoms with Gasteiger partial charge in [-0.05, 0) is 18.2 Å². The zero-order valence-electron chi connectivity index (χ0n) is 7.47. The number of H-pyrrole nitrogens is 1. The molecule has 14 heavy (non-hydrogen) atoms. The quantitative estimate of drug-likeness (QED) is 0.713. The minimum Gasteiger partial charge on any atom is -0.372 e. The molecule has 1 aromatic heterocycles. The molecule has 0 spiro atoms. The summed E-state index contributed by atoms with van der Waals surface area (Å²) in [6.45, 7) is 0. The van der Waals surface area contributed by atoms with Crippen LogP contribution in [0.2, 0.25) is 0 Å². The third kappa shape index (κ3) is 1.32. The zero-order valence-corrected chi connectivity index (χ0v) is 7.47. The second-order valence-electron chi connectivity index (χ2n) is 2.83. The number of aromatic nitrogens is 2. The maximum atomic E-state index is 12.8. The van der Waals surface area contributed by atoms with Crippen molar-refractivity contribution in [1.82, 2.24) is 9.97 Å². The Hall–Kier alpha value is -1.91. The number of nitrogens with one attached hydrogen (secondary N) is 2. The Morgan fingerprint density at radius 2 is 2.29 bits per heavy atom. The molecule has 5 heteroatoms. The molecule has 1 aromatic carbocycles. The van der Waals surface area contributed by atoms with Gasteiger partial charge in [0.1, 0.15) is 11.6 Å². The molecular formula is C9H8FN3O. The minimum atomic E-state index is -0.493. The summed E-state index contributed by atoms with van der Waals surface area (Å²) in [7, 11) is 1.66. The molecule has 4 nitrogen and oxygen atoms in total. The first-order valence-electron chi connectivity index (χ1n) is 4.08. The SMILES string of the molecule is CNc1nc(=O)[nH]c2cc(F)ccc12. The van der Waals surface area contributed by atoms with Crippen LogP contribution in [0.4, 0.5) is 10.2 Å². The number of hydrogen-bond donors (Lipinski definition) is 2. The van der Waals surface area contributed by atoms with E-state index in [-0.39, 0.29) is 5.82 Å². The van der Waals surface area contributed by atoms with Gasteiger partial charge < -0.3 is 10.3 Å². The van der Waals surface area contributed by atoms with Crippen LogP contribution in [0, 0.1) is 5.82 Å². The molecule has 2 N–H and O–H groups in total. The fourth-order valence-electron chi connectivity index (χ4n) is 1.32. The average Bonchev–Trinajstić information content (AvgIpc) is 2.15. The zero-order chi connectivity index (χ0) is 10.1. The van der Waals surface area contributed by atoms with E-state index in [9.17, 15) is 9.18 Å². The van der Waals surface area contributed by atoms with E-state index in [1.807, 2.05) is 0 Å². The Kier molecular flexibility index (Phi) is 1.92. The molecule has 2 aromatic rings. The normalized spacial score (nSPS) is 10.4. The maximum absolute atomic E-state index is 12.8. The highest BCUT2D eigenvalue weighted by Gasteiger charge is 2.03. The molecule has 0 radical (unpaired) electrons.